The smallest absolute Gasteiger partial charge is 0.300 e. The summed E-state index contributed by atoms with van der Waals surface area (Å²) in [6.07, 6.45) is 2.93. The van der Waals surface area contributed by atoms with Gasteiger partial charge in [0.05, 0.1) is 17.3 Å². The molecule has 2 heterocycles. The van der Waals surface area contributed by atoms with Gasteiger partial charge in [-0.25, -0.2) is 8.78 Å². The first-order valence-electron chi connectivity index (χ1n) is 10.1. The van der Waals surface area contributed by atoms with Gasteiger partial charge in [-0.2, -0.15) is 0 Å². The molecule has 1 fully saturated rings. The number of anilines is 1. The van der Waals surface area contributed by atoms with Crippen molar-refractivity contribution in [2.24, 2.45) is 0 Å². The number of carbonyl (C=O) groups excluding carboxylic acids is 2. The number of benzene rings is 3. The number of carbonyl (C=O) groups is 2. The van der Waals surface area contributed by atoms with Crippen molar-refractivity contribution in [1.82, 2.24) is 4.98 Å². The van der Waals surface area contributed by atoms with Crippen LogP contribution in [0.25, 0.3) is 16.5 Å². The van der Waals surface area contributed by atoms with Crippen molar-refractivity contribution >= 4 is 33.9 Å². The molecule has 0 spiro atoms. The van der Waals surface area contributed by atoms with Gasteiger partial charge >= 0.3 is 0 Å². The van der Waals surface area contributed by atoms with Gasteiger partial charge in [-0.15, -0.1) is 0 Å². The number of rotatable bonds is 3. The van der Waals surface area contributed by atoms with Crippen LogP contribution in [0.5, 0.6) is 0 Å². The number of halogens is 2. The lowest BCUT2D eigenvalue weighted by molar-refractivity contribution is -0.132. The molecule has 0 radical (unpaired) electrons. The van der Waals surface area contributed by atoms with E-state index in [1.54, 1.807) is 30.3 Å². The van der Waals surface area contributed by atoms with Crippen LogP contribution in [0.15, 0.2) is 90.8 Å². The molecule has 0 saturated carbocycles. The third-order valence-electron chi connectivity index (χ3n) is 5.66. The van der Waals surface area contributed by atoms with E-state index in [0.717, 1.165) is 27.8 Å². The van der Waals surface area contributed by atoms with Crippen LogP contribution < -0.4 is 4.90 Å². The van der Waals surface area contributed by atoms with E-state index in [1.165, 1.54) is 12.4 Å². The second-order valence-electron chi connectivity index (χ2n) is 7.61. The molecule has 0 aliphatic carbocycles. The fraction of sp³-hybridized carbons (Fsp3) is 0.0385. The Bertz CT molecular complexity index is 1450. The Morgan fingerprint density at radius 1 is 0.879 bits per heavy atom. The molecule has 162 valence electrons. The molecule has 3 aromatic carbocycles. The zero-order valence-corrected chi connectivity index (χ0v) is 17.1. The largest absolute Gasteiger partial charge is 0.507 e. The maximum Gasteiger partial charge on any atom is 0.300 e. The fourth-order valence-electron chi connectivity index (χ4n) is 4.11. The van der Waals surface area contributed by atoms with Crippen LogP contribution >= 0.6 is 0 Å². The molecule has 1 saturated heterocycles. The zero-order chi connectivity index (χ0) is 23.1. The Morgan fingerprint density at radius 3 is 2.33 bits per heavy atom. The number of ketones is 1. The van der Waals surface area contributed by atoms with Gasteiger partial charge in [-0.1, -0.05) is 36.4 Å². The number of hydrogen-bond acceptors (Lipinski definition) is 4. The van der Waals surface area contributed by atoms with Crippen molar-refractivity contribution in [1.29, 1.82) is 0 Å². The third kappa shape index (κ3) is 3.43. The van der Waals surface area contributed by atoms with Crippen molar-refractivity contribution in [2.45, 2.75) is 6.04 Å². The Labute approximate surface area is 187 Å². The van der Waals surface area contributed by atoms with Crippen molar-refractivity contribution < 1.29 is 23.5 Å². The lowest BCUT2D eigenvalue weighted by Gasteiger charge is -2.25. The third-order valence-corrected chi connectivity index (χ3v) is 5.66. The standard InChI is InChI=1S/C26H16F2N2O3/c27-19-7-8-21(20(28)14-19)30-23(16-9-11-29-12-10-16)22(25(32)26(30)33)24(31)18-6-5-15-3-1-2-4-17(15)13-18/h1-14,23,31H/b24-22-. The van der Waals surface area contributed by atoms with Gasteiger partial charge in [0.2, 0.25) is 0 Å². The Kier molecular flexibility index (Phi) is 4.94. The first-order chi connectivity index (χ1) is 16.0. The second-order valence-corrected chi connectivity index (χ2v) is 7.61. The molecule has 1 atom stereocenters. The molecule has 1 unspecified atom stereocenters. The molecular weight excluding hydrogens is 426 g/mol. The predicted molar refractivity (Wildman–Crippen MR) is 119 cm³/mol. The van der Waals surface area contributed by atoms with E-state index in [0.29, 0.717) is 17.2 Å². The van der Waals surface area contributed by atoms with Gasteiger partial charge in [0, 0.05) is 24.0 Å². The average molecular weight is 442 g/mol. The van der Waals surface area contributed by atoms with Gasteiger partial charge in [-0.3, -0.25) is 19.5 Å². The summed E-state index contributed by atoms with van der Waals surface area (Å²) in [4.78, 5) is 31.0. The normalized spacial score (nSPS) is 17.6. The number of aliphatic hydroxyl groups excluding tert-OH is 1. The van der Waals surface area contributed by atoms with E-state index >= 15 is 0 Å². The summed E-state index contributed by atoms with van der Waals surface area (Å²) in [6.45, 7) is 0. The number of Topliss-reactive ketones (excluding diaryl/α,β-unsaturated/α-hetero) is 1. The first kappa shape index (κ1) is 20.5. The maximum atomic E-state index is 14.7. The van der Waals surface area contributed by atoms with Gasteiger partial charge in [-0.05, 0) is 46.7 Å². The first-order valence-corrected chi connectivity index (χ1v) is 10.1. The molecule has 1 aromatic heterocycles. The van der Waals surface area contributed by atoms with Crippen LogP contribution in [0.1, 0.15) is 17.2 Å². The van der Waals surface area contributed by atoms with E-state index in [1.807, 2.05) is 24.3 Å². The topological polar surface area (TPSA) is 70.5 Å². The number of pyridine rings is 1. The summed E-state index contributed by atoms with van der Waals surface area (Å²) in [5.41, 5.74) is 0.323. The van der Waals surface area contributed by atoms with E-state index in [2.05, 4.69) is 4.98 Å². The summed E-state index contributed by atoms with van der Waals surface area (Å²) in [7, 11) is 0. The van der Waals surface area contributed by atoms with E-state index in [-0.39, 0.29) is 17.0 Å². The van der Waals surface area contributed by atoms with Crippen molar-refractivity contribution in [2.75, 3.05) is 4.90 Å². The van der Waals surface area contributed by atoms with E-state index in [4.69, 9.17) is 0 Å². The minimum Gasteiger partial charge on any atom is -0.507 e. The molecule has 4 aromatic rings. The van der Waals surface area contributed by atoms with Gasteiger partial charge < -0.3 is 5.11 Å². The Morgan fingerprint density at radius 2 is 1.61 bits per heavy atom. The summed E-state index contributed by atoms with van der Waals surface area (Å²) in [6, 6.07) is 17.4. The highest BCUT2D eigenvalue weighted by atomic mass is 19.1. The highest BCUT2D eigenvalue weighted by molar-refractivity contribution is 6.51. The van der Waals surface area contributed by atoms with Gasteiger partial charge in [0.1, 0.15) is 17.4 Å². The van der Waals surface area contributed by atoms with Crippen LogP contribution in [0.3, 0.4) is 0 Å². The maximum absolute atomic E-state index is 14.7. The quantitative estimate of drug-likeness (QED) is 0.271. The molecule has 5 rings (SSSR count). The molecule has 1 aliphatic rings. The van der Waals surface area contributed by atoms with E-state index < -0.39 is 29.4 Å². The summed E-state index contributed by atoms with van der Waals surface area (Å²) < 4.78 is 28.2. The molecular formula is C26H16F2N2O3. The number of aromatic nitrogens is 1. The number of fused-ring (bicyclic) bond motifs is 1. The van der Waals surface area contributed by atoms with Crippen LogP contribution in [0.4, 0.5) is 14.5 Å². The number of hydrogen-bond donors (Lipinski definition) is 1. The average Bonchev–Trinajstić information content (AvgIpc) is 3.09. The summed E-state index contributed by atoms with van der Waals surface area (Å²) >= 11 is 0. The number of amides is 1. The fourth-order valence-corrected chi connectivity index (χ4v) is 4.11. The van der Waals surface area contributed by atoms with Crippen LogP contribution in [0, 0.1) is 11.6 Å². The van der Waals surface area contributed by atoms with Crippen molar-refractivity contribution in [3.05, 3.63) is 114 Å². The number of aliphatic hydroxyl groups is 1. The highest BCUT2D eigenvalue weighted by Gasteiger charge is 2.47. The minimum atomic E-state index is -1.13. The summed E-state index contributed by atoms with van der Waals surface area (Å²) in [5.74, 6) is -4.19. The molecule has 0 bridgehead atoms. The molecule has 1 amide bonds. The summed E-state index contributed by atoms with van der Waals surface area (Å²) in [5, 5.41) is 13.0. The Balaban J connectivity index is 1.74. The van der Waals surface area contributed by atoms with E-state index in [9.17, 15) is 23.5 Å². The van der Waals surface area contributed by atoms with Crippen LogP contribution in [-0.2, 0) is 9.59 Å². The molecule has 7 heteroatoms. The lowest BCUT2D eigenvalue weighted by Crippen LogP contribution is -2.30. The highest BCUT2D eigenvalue weighted by Crippen LogP contribution is 2.43. The molecule has 5 nitrogen and oxygen atoms in total. The van der Waals surface area contributed by atoms with Crippen LogP contribution in [0.2, 0.25) is 0 Å². The SMILES string of the molecule is O=C1C(=O)N(c2ccc(F)cc2F)C(c2ccncc2)/C1=C(/O)c1ccc2ccccc2c1. The molecule has 1 aliphatic heterocycles. The second kappa shape index (κ2) is 7.94. The monoisotopic (exact) mass is 442 g/mol. The minimum absolute atomic E-state index is 0.190. The molecule has 33 heavy (non-hydrogen) atoms. The van der Waals surface area contributed by atoms with Gasteiger partial charge in [0.25, 0.3) is 11.7 Å². The lowest BCUT2D eigenvalue weighted by atomic mass is 9.95. The molecule has 1 N–H and O–H groups in total. The number of nitrogens with zero attached hydrogens (tertiary/aromatic N) is 2. The van der Waals surface area contributed by atoms with Crippen molar-refractivity contribution in [3.63, 3.8) is 0 Å². The van der Waals surface area contributed by atoms with Crippen LogP contribution in [-0.4, -0.2) is 21.8 Å². The van der Waals surface area contributed by atoms with Crippen molar-refractivity contribution in [3.8, 4) is 0 Å². The Hall–Kier alpha value is -4.39. The van der Waals surface area contributed by atoms with Gasteiger partial charge in [0.15, 0.2) is 0 Å². The predicted octanol–water partition coefficient (Wildman–Crippen LogP) is 5.14. The zero-order valence-electron chi connectivity index (χ0n) is 17.1.